The molecule has 0 amide bonds. The predicted molar refractivity (Wildman–Crippen MR) is 56.5 cm³/mol. The van der Waals surface area contributed by atoms with E-state index in [1.807, 2.05) is 13.0 Å². The van der Waals surface area contributed by atoms with Crippen LogP contribution >= 0.6 is 0 Å². The highest BCUT2D eigenvalue weighted by atomic mass is 16.5. The van der Waals surface area contributed by atoms with Gasteiger partial charge in [0.2, 0.25) is 0 Å². The van der Waals surface area contributed by atoms with Crippen molar-refractivity contribution >= 4 is 0 Å². The zero-order valence-electron chi connectivity index (χ0n) is 9.40. The van der Waals surface area contributed by atoms with E-state index in [1.54, 1.807) is 0 Å². The van der Waals surface area contributed by atoms with Crippen LogP contribution in [0.2, 0.25) is 0 Å². The number of aromatic nitrogens is 1. The molecule has 1 unspecified atom stereocenters. The fraction of sp³-hybridized carbons (Fsp3) is 0.727. The molecular weight excluding hydrogens is 192 g/mol. The molecule has 0 N–H and O–H groups in total. The summed E-state index contributed by atoms with van der Waals surface area (Å²) < 4.78 is 10.6. The van der Waals surface area contributed by atoms with Crippen molar-refractivity contribution in [3.8, 4) is 0 Å². The van der Waals surface area contributed by atoms with E-state index in [-0.39, 0.29) is 0 Å². The Balaban J connectivity index is 1.78. The first-order chi connectivity index (χ1) is 7.24. The van der Waals surface area contributed by atoms with Crippen molar-refractivity contribution < 1.29 is 9.26 Å². The van der Waals surface area contributed by atoms with Gasteiger partial charge >= 0.3 is 0 Å². The molecule has 2 heterocycles. The Kier molecular flexibility index (Phi) is 3.38. The molecule has 0 bridgehead atoms. The first-order valence-corrected chi connectivity index (χ1v) is 5.46. The van der Waals surface area contributed by atoms with Gasteiger partial charge in [-0.2, -0.15) is 0 Å². The molecule has 1 fully saturated rings. The van der Waals surface area contributed by atoms with Crippen LogP contribution in [0.3, 0.4) is 0 Å². The van der Waals surface area contributed by atoms with E-state index in [4.69, 9.17) is 9.26 Å². The molecule has 0 radical (unpaired) electrons. The fourth-order valence-corrected chi connectivity index (χ4v) is 1.97. The van der Waals surface area contributed by atoms with Gasteiger partial charge in [-0.15, -0.1) is 0 Å². The third-order valence-electron chi connectivity index (χ3n) is 2.65. The highest BCUT2D eigenvalue weighted by molar-refractivity contribution is 5.03. The van der Waals surface area contributed by atoms with Crippen LogP contribution in [-0.2, 0) is 11.3 Å². The number of hydrogen-bond donors (Lipinski definition) is 0. The molecule has 1 aliphatic rings. The Morgan fingerprint density at radius 3 is 3.07 bits per heavy atom. The maximum Gasteiger partial charge on any atom is 0.133 e. The summed E-state index contributed by atoms with van der Waals surface area (Å²) in [7, 11) is 2.09. The van der Waals surface area contributed by atoms with Crippen LogP contribution in [0.1, 0.15) is 24.3 Å². The van der Waals surface area contributed by atoms with Gasteiger partial charge in [-0.3, -0.25) is 4.90 Å². The van der Waals surface area contributed by atoms with Gasteiger partial charge in [0.25, 0.3) is 0 Å². The molecule has 1 aromatic rings. The number of ether oxygens (including phenoxy) is 1. The molecular formula is C11H18N2O2. The summed E-state index contributed by atoms with van der Waals surface area (Å²) in [5.74, 6) is 0.871. The van der Waals surface area contributed by atoms with Crippen molar-refractivity contribution in [3.63, 3.8) is 0 Å². The van der Waals surface area contributed by atoms with Gasteiger partial charge in [0, 0.05) is 25.8 Å². The Morgan fingerprint density at radius 1 is 1.60 bits per heavy atom. The second-order valence-electron chi connectivity index (χ2n) is 4.26. The number of rotatable bonds is 4. The molecule has 15 heavy (non-hydrogen) atoms. The average Bonchev–Trinajstić information content (AvgIpc) is 2.77. The zero-order chi connectivity index (χ0) is 10.7. The molecule has 4 nitrogen and oxygen atoms in total. The van der Waals surface area contributed by atoms with Crippen LogP contribution < -0.4 is 0 Å². The summed E-state index contributed by atoms with van der Waals surface area (Å²) in [5.41, 5.74) is 0.994. The van der Waals surface area contributed by atoms with Gasteiger partial charge in [0.15, 0.2) is 0 Å². The van der Waals surface area contributed by atoms with Crippen LogP contribution in [0, 0.1) is 6.92 Å². The number of likely N-dealkylation sites (N-methyl/N-ethyl adjacent to an activating group) is 1. The Hall–Kier alpha value is -0.870. The topological polar surface area (TPSA) is 38.5 Å². The molecule has 0 aromatic carbocycles. The largest absolute Gasteiger partial charge is 0.377 e. The quantitative estimate of drug-likeness (QED) is 0.756. The average molecular weight is 210 g/mol. The van der Waals surface area contributed by atoms with Crippen molar-refractivity contribution in [2.75, 3.05) is 20.2 Å². The molecule has 4 heteroatoms. The lowest BCUT2D eigenvalue weighted by Crippen LogP contribution is -2.28. The lowest BCUT2D eigenvalue weighted by atomic mass is 10.2. The molecule has 2 rings (SSSR count). The third-order valence-corrected chi connectivity index (χ3v) is 2.65. The third kappa shape index (κ3) is 3.04. The zero-order valence-corrected chi connectivity index (χ0v) is 9.40. The molecule has 84 valence electrons. The van der Waals surface area contributed by atoms with Crippen molar-refractivity contribution in [1.82, 2.24) is 10.1 Å². The first-order valence-electron chi connectivity index (χ1n) is 5.46. The van der Waals surface area contributed by atoms with E-state index in [9.17, 15) is 0 Å². The summed E-state index contributed by atoms with van der Waals surface area (Å²) >= 11 is 0. The van der Waals surface area contributed by atoms with Crippen LogP contribution in [0.25, 0.3) is 0 Å². The first kappa shape index (κ1) is 10.6. The predicted octanol–water partition coefficient (Wildman–Crippen LogP) is 1.59. The highest BCUT2D eigenvalue weighted by Gasteiger charge is 2.17. The Morgan fingerprint density at radius 2 is 2.47 bits per heavy atom. The monoisotopic (exact) mass is 210 g/mol. The molecule has 1 saturated heterocycles. The molecule has 0 saturated carbocycles. The standard InChI is InChI=1S/C11H18N2O2/c1-9-6-10(12-15-9)7-13(2)8-11-4-3-5-14-11/h6,11H,3-5,7-8H2,1-2H3. The van der Waals surface area contributed by atoms with E-state index >= 15 is 0 Å². The van der Waals surface area contributed by atoms with Crippen molar-refractivity contribution in [3.05, 3.63) is 17.5 Å². The lowest BCUT2D eigenvalue weighted by Gasteiger charge is -2.18. The van der Waals surface area contributed by atoms with E-state index in [2.05, 4.69) is 17.1 Å². The molecule has 1 aliphatic heterocycles. The number of aryl methyl sites for hydroxylation is 1. The summed E-state index contributed by atoms with van der Waals surface area (Å²) in [5, 5.41) is 3.97. The Labute approximate surface area is 90.2 Å². The van der Waals surface area contributed by atoms with Crippen LogP contribution in [0.4, 0.5) is 0 Å². The summed E-state index contributed by atoms with van der Waals surface area (Å²) in [6.45, 7) is 4.64. The van der Waals surface area contributed by atoms with E-state index < -0.39 is 0 Å². The minimum atomic E-state index is 0.406. The van der Waals surface area contributed by atoms with Gasteiger partial charge in [-0.05, 0) is 26.8 Å². The van der Waals surface area contributed by atoms with Crippen LogP contribution in [0.15, 0.2) is 10.6 Å². The number of hydrogen-bond acceptors (Lipinski definition) is 4. The normalized spacial score (nSPS) is 21.4. The van der Waals surface area contributed by atoms with Crippen LogP contribution in [-0.4, -0.2) is 36.4 Å². The minimum absolute atomic E-state index is 0.406. The Bertz CT molecular complexity index is 305. The maximum atomic E-state index is 5.58. The summed E-state index contributed by atoms with van der Waals surface area (Å²) in [6.07, 6.45) is 2.78. The lowest BCUT2D eigenvalue weighted by molar-refractivity contribution is 0.0787. The SMILES string of the molecule is Cc1cc(CN(C)CC2CCCO2)no1. The van der Waals surface area contributed by atoms with Gasteiger partial charge in [0.1, 0.15) is 5.76 Å². The second-order valence-corrected chi connectivity index (χ2v) is 4.26. The second kappa shape index (κ2) is 4.77. The van der Waals surface area contributed by atoms with Gasteiger partial charge in [-0.25, -0.2) is 0 Å². The van der Waals surface area contributed by atoms with E-state index in [0.29, 0.717) is 6.10 Å². The maximum absolute atomic E-state index is 5.58. The van der Waals surface area contributed by atoms with Gasteiger partial charge in [0.05, 0.1) is 11.8 Å². The van der Waals surface area contributed by atoms with E-state index in [1.165, 1.54) is 12.8 Å². The van der Waals surface area contributed by atoms with E-state index in [0.717, 1.165) is 31.2 Å². The summed E-state index contributed by atoms with van der Waals surface area (Å²) in [4.78, 5) is 2.23. The fourth-order valence-electron chi connectivity index (χ4n) is 1.97. The minimum Gasteiger partial charge on any atom is -0.377 e. The molecule has 1 atom stereocenters. The number of nitrogens with zero attached hydrogens (tertiary/aromatic N) is 2. The van der Waals surface area contributed by atoms with Crippen molar-refractivity contribution in [2.45, 2.75) is 32.4 Å². The summed E-state index contributed by atoms with van der Waals surface area (Å²) in [6, 6.07) is 1.98. The molecule has 0 spiro atoms. The van der Waals surface area contributed by atoms with Crippen molar-refractivity contribution in [2.24, 2.45) is 0 Å². The molecule has 1 aromatic heterocycles. The van der Waals surface area contributed by atoms with Crippen LogP contribution in [0.5, 0.6) is 0 Å². The smallest absolute Gasteiger partial charge is 0.133 e. The van der Waals surface area contributed by atoms with Gasteiger partial charge in [-0.1, -0.05) is 5.16 Å². The highest BCUT2D eigenvalue weighted by Crippen LogP contribution is 2.13. The molecule has 0 aliphatic carbocycles. The van der Waals surface area contributed by atoms with Crippen molar-refractivity contribution in [1.29, 1.82) is 0 Å². The van der Waals surface area contributed by atoms with Gasteiger partial charge < -0.3 is 9.26 Å².